The van der Waals surface area contributed by atoms with E-state index in [0.717, 1.165) is 10.0 Å². The average Bonchev–Trinajstić information content (AvgIpc) is 2.58. The van der Waals surface area contributed by atoms with Gasteiger partial charge in [-0.3, -0.25) is 4.79 Å². The maximum absolute atomic E-state index is 11.6. The summed E-state index contributed by atoms with van der Waals surface area (Å²) in [5.74, 6) is 0.121. The summed E-state index contributed by atoms with van der Waals surface area (Å²) in [7, 11) is 0. The van der Waals surface area contributed by atoms with Crippen LogP contribution in [0.5, 0.6) is 0 Å². The second kappa shape index (κ2) is 4.04. The number of carbonyl (C=O) groups is 1. The minimum atomic E-state index is -0.0556. The van der Waals surface area contributed by atoms with Crippen LogP contribution in [0.15, 0.2) is 40.9 Å². The van der Waals surface area contributed by atoms with Crippen LogP contribution < -0.4 is 0 Å². The van der Waals surface area contributed by atoms with Gasteiger partial charge in [-0.05, 0) is 47.4 Å². The van der Waals surface area contributed by atoms with Crippen LogP contribution in [0.4, 0.5) is 0 Å². The molecule has 2 aromatic rings. The fraction of sp³-hybridized carbons (Fsp3) is 0.235. The lowest BCUT2D eigenvalue weighted by Crippen LogP contribution is -2.15. The topological polar surface area (TPSA) is 17.1 Å². The van der Waals surface area contributed by atoms with Crippen LogP contribution in [-0.2, 0) is 5.41 Å². The average molecular weight is 315 g/mol. The highest BCUT2D eigenvalue weighted by molar-refractivity contribution is 9.10. The van der Waals surface area contributed by atoms with Crippen molar-refractivity contribution in [1.29, 1.82) is 0 Å². The lowest BCUT2D eigenvalue weighted by Gasteiger charge is -2.21. The van der Waals surface area contributed by atoms with Gasteiger partial charge in [0, 0.05) is 15.5 Å². The van der Waals surface area contributed by atoms with Crippen LogP contribution in [0.3, 0.4) is 0 Å². The summed E-state index contributed by atoms with van der Waals surface area (Å²) in [5.41, 5.74) is 5.82. The number of benzene rings is 2. The van der Waals surface area contributed by atoms with Gasteiger partial charge in [0.1, 0.15) is 0 Å². The second-order valence-corrected chi connectivity index (χ2v) is 6.55. The first kappa shape index (κ1) is 12.6. The summed E-state index contributed by atoms with van der Waals surface area (Å²) in [6.07, 6.45) is 0. The third kappa shape index (κ3) is 1.78. The molecule has 0 spiro atoms. The molecule has 0 atom stereocenters. The molecule has 1 nitrogen and oxygen atoms in total. The van der Waals surface area contributed by atoms with E-state index in [0.29, 0.717) is 0 Å². The number of carbonyl (C=O) groups excluding carboxylic acids is 1. The van der Waals surface area contributed by atoms with Crippen molar-refractivity contribution in [3.8, 4) is 11.1 Å². The lowest BCUT2D eigenvalue weighted by atomic mass is 9.82. The van der Waals surface area contributed by atoms with Crippen molar-refractivity contribution in [3.63, 3.8) is 0 Å². The zero-order chi connectivity index (χ0) is 13.8. The summed E-state index contributed by atoms with van der Waals surface area (Å²) in [4.78, 5) is 11.6. The minimum Gasteiger partial charge on any atom is -0.295 e. The molecule has 3 rings (SSSR count). The summed E-state index contributed by atoms with van der Waals surface area (Å²) in [6.45, 7) is 6.05. The Bertz CT molecular complexity index is 698. The van der Waals surface area contributed by atoms with Crippen molar-refractivity contribution in [2.24, 2.45) is 0 Å². The van der Waals surface area contributed by atoms with Crippen molar-refractivity contribution in [1.82, 2.24) is 0 Å². The van der Waals surface area contributed by atoms with Crippen molar-refractivity contribution in [2.45, 2.75) is 26.2 Å². The quantitative estimate of drug-likeness (QED) is 0.680. The Morgan fingerprint density at radius 2 is 1.58 bits per heavy atom. The number of ketones is 1. The maximum atomic E-state index is 11.6. The van der Waals surface area contributed by atoms with E-state index in [1.165, 1.54) is 22.3 Å². The predicted octanol–water partition coefficient (Wildman–Crippen LogP) is 4.96. The summed E-state index contributed by atoms with van der Waals surface area (Å²) in [5, 5.41) is 0. The normalized spacial score (nSPS) is 14.9. The lowest BCUT2D eigenvalue weighted by molar-refractivity contribution is 0.101. The molecule has 0 aromatic heterocycles. The van der Waals surface area contributed by atoms with Crippen LogP contribution in [-0.4, -0.2) is 5.78 Å². The highest BCUT2D eigenvalue weighted by Crippen LogP contribution is 2.49. The first-order valence-corrected chi connectivity index (χ1v) is 7.16. The van der Waals surface area contributed by atoms with Gasteiger partial charge in [0.15, 0.2) is 5.78 Å². The van der Waals surface area contributed by atoms with E-state index in [2.05, 4.69) is 54.0 Å². The number of rotatable bonds is 1. The number of hydrogen-bond acceptors (Lipinski definition) is 1. The van der Waals surface area contributed by atoms with E-state index in [1.54, 1.807) is 6.92 Å². The zero-order valence-corrected chi connectivity index (χ0v) is 12.8. The molecular weight excluding hydrogens is 300 g/mol. The second-order valence-electron chi connectivity index (χ2n) is 5.63. The van der Waals surface area contributed by atoms with Crippen LogP contribution in [0.1, 0.15) is 42.3 Å². The van der Waals surface area contributed by atoms with E-state index < -0.39 is 0 Å². The van der Waals surface area contributed by atoms with Gasteiger partial charge >= 0.3 is 0 Å². The molecule has 0 fully saturated rings. The molecule has 19 heavy (non-hydrogen) atoms. The molecule has 1 aliphatic carbocycles. The van der Waals surface area contributed by atoms with Crippen molar-refractivity contribution >= 4 is 21.7 Å². The minimum absolute atomic E-state index is 0.0556. The van der Waals surface area contributed by atoms with Gasteiger partial charge < -0.3 is 0 Å². The highest BCUT2D eigenvalue weighted by atomic mass is 79.9. The Balaban J connectivity index is 2.30. The van der Waals surface area contributed by atoms with Crippen LogP contribution in [0.25, 0.3) is 11.1 Å². The Morgan fingerprint density at radius 1 is 1.00 bits per heavy atom. The Hall–Kier alpha value is -1.41. The molecule has 0 amide bonds. The van der Waals surface area contributed by atoms with E-state index in [1.807, 2.05) is 12.1 Å². The SMILES string of the molecule is CC(=O)c1ccc2c(c1)C(C)(C)c1cc(Br)ccc1-2. The molecule has 0 radical (unpaired) electrons. The summed E-state index contributed by atoms with van der Waals surface area (Å²) in [6, 6.07) is 12.5. The van der Waals surface area contributed by atoms with E-state index in [9.17, 15) is 4.79 Å². The van der Waals surface area contributed by atoms with Gasteiger partial charge in [0.05, 0.1) is 0 Å². The third-order valence-corrected chi connectivity index (χ3v) is 4.54. The zero-order valence-electron chi connectivity index (χ0n) is 11.3. The van der Waals surface area contributed by atoms with Crippen LogP contribution in [0, 0.1) is 0 Å². The molecular formula is C17H15BrO. The fourth-order valence-electron chi connectivity index (χ4n) is 2.93. The van der Waals surface area contributed by atoms with E-state index in [4.69, 9.17) is 0 Å². The molecule has 96 valence electrons. The van der Waals surface area contributed by atoms with Crippen molar-refractivity contribution < 1.29 is 4.79 Å². The number of fused-ring (bicyclic) bond motifs is 3. The van der Waals surface area contributed by atoms with E-state index in [-0.39, 0.29) is 11.2 Å². The molecule has 0 bridgehead atoms. The Labute approximate surface area is 121 Å². The third-order valence-electron chi connectivity index (χ3n) is 4.04. The largest absolute Gasteiger partial charge is 0.295 e. The van der Waals surface area contributed by atoms with Crippen molar-refractivity contribution in [2.75, 3.05) is 0 Å². The van der Waals surface area contributed by atoms with Gasteiger partial charge in [-0.25, -0.2) is 0 Å². The first-order valence-electron chi connectivity index (χ1n) is 6.37. The molecule has 0 N–H and O–H groups in total. The smallest absolute Gasteiger partial charge is 0.159 e. The fourth-order valence-corrected chi connectivity index (χ4v) is 3.29. The Morgan fingerprint density at radius 3 is 2.21 bits per heavy atom. The van der Waals surface area contributed by atoms with Gasteiger partial charge in [-0.2, -0.15) is 0 Å². The molecule has 0 heterocycles. The first-order chi connectivity index (χ1) is 8.91. The van der Waals surface area contributed by atoms with Crippen LogP contribution >= 0.6 is 15.9 Å². The maximum Gasteiger partial charge on any atom is 0.159 e. The number of Topliss-reactive ketones (excluding diaryl/α,β-unsaturated/α-hetero) is 1. The highest BCUT2D eigenvalue weighted by Gasteiger charge is 2.35. The molecule has 2 heteroatoms. The molecule has 1 aliphatic rings. The monoisotopic (exact) mass is 314 g/mol. The molecule has 0 saturated carbocycles. The van der Waals surface area contributed by atoms with Crippen molar-refractivity contribution in [3.05, 3.63) is 57.6 Å². The van der Waals surface area contributed by atoms with Gasteiger partial charge in [0.25, 0.3) is 0 Å². The molecule has 0 saturated heterocycles. The predicted molar refractivity (Wildman–Crippen MR) is 81.7 cm³/mol. The summed E-state index contributed by atoms with van der Waals surface area (Å²) < 4.78 is 1.10. The Kier molecular flexibility index (Phi) is 2.68. The van der Waals surface area contributed by atoms with Gasteiger partial charge in [-0.1, -0.05) is 48.0 Å². The van der Waals surface area contributed by atoms with Gasteiger partial charge in [-0.15, -0.1) is 0 Å². The van der Waals surface area contributed by atoms with E-state index >= 15 is 0 Å². The molecule has 0 aliphatic heterocycles. The summed E-state index contributed by atoms with van der Waals surface area (Å²) >= 11 is 3.54. The van der Waals surface area contributed by atoms with Gasteiger partial charge in [0.2, 0.25) is 0 Å². The number of halogens is 1. The van der Waals surface area contributed by atoms with Crippen LogP contribution in [0.2, 0.25) is 0 Å². The standard InChI is InChI=1S/C17H15BrO/c1-10(19)11-4-6-13-14-7-5-12(18)9-16(14)17(2,3)15(13)8-11/h4-9H,1-3H3. The molecule has 2 aromatic carbocycles. The number of hydrogen-bond donors (Lipinski definition) is 0. The molecule has 0 unspecified atom stereocenters.